The van der Waals surface area contributed by atoms with Crippen molar-refractivity contribution in [1.29, 1.82) is 0 Å². The van der Waals surface area contributed by atoms with E-state index in [9.17, 15) is 20.0 Å². The summed E-state index contributed by atoms with van der Waals surface area (Å²) in [4.78, 5) is 22.0. The number of aromatic hydroxyl groups is 1. The van der Waals surface area contributed by atoms with Gasteiger partial charge in [-0.15, -0.1) is 0 Å². The van der Waals surface area contributed by atoms with Crippen molar-refractivity contribution in [2.24, 2.45) is 0 Å². The summed E-state index contributed by atoms with van der Waals surface area (Å²) in [6.45, 7) is 2.01. The Kier molecular flexibility index (Phi) is 4.73. The minimum absolute atomic E-state index is 0.0399. The number of nitro benzene ring substituents is 1. The molecule has 0 aliphatic heterocycles. The van der Waals surface area contributed by atoms with Crippen LogP contribution in [0.1, 0.15) is 16.7 Å². The lowest BCUT2D eigenvalue weighted by Gasteiger charge is -2.07. The van der Waals surface area contributed by atoms with Gasteiger partial charge in [0, 0.05) is 24.2 Å². The maximum absolute atomic E-state index is 11.9. The van der Waals surface area contributed by atoms with Crippen LogP contribution < -0.4 is 5.32 Å². The number of hydrogen-bond donors (Lipinski definition) is 2. The van der Waals surface area contributed by atoms with Crippen LogP contribution in [0.15, 0.2) is 42.5 Å². The van der Waals surface area contributed by atoms with Gasteiger partial charge in [0.2, 0.25) is 5.91 Å². The topological polar surface area (TPSA) is 92.5 Å². The number of benzene rings is 2. The Morgan fingerprint density at radius 3 is 2.55 bits per heavy atom. The molecule has 22 heavy (non-hydrogen) atoms. The van der Waals surface area contributed by atoms with E-state index in [0.717, 1.165) is 11.1 Å². The monoisotopic (exact) mass is 300 g/mol. The summed E-state index contributed by atoms with van der Waals surface area (Å²) in [6, 6.07) is 11.3. The van der Waals surface area contributed by atoms with Gasteiger partial charge in [-0.3, -0.25) is 14.9 Å². The van der Waals surface area contributed by atoms with Gasteiger partial charge in [0.25, 0.3) is 5.69 Å². The third-order valence-corrected chi connectivity index (χ3v) is 3.24. The second kappa shape index (κ2) is 6.71. The highest BCUT2D eigenvalue weighted by molar-refractivity contribution is 5.78. The third kappa shape index (κ3) is 4.05. The van der Waals surface area contributed by atoms with Crippen LogP contribution in [0.2, 0.25) is 0 Å². The zero-order chi connectivity index (χ0) is 16.1. The van der Waals surface area contributed by atoms with Gasteiger partial charge in [0.05, 0.1) is 11.3 Å². The summed E-state index contributed by atoms with van der Waals surface area (Å²) in [5, 5.41) is 23.0. The molecule has 2 aromatic carbocycles. The molecular weight excluding hydrogens is 284 g/mol. The fourth-order valence-corrected chi connectivity index (χ4v) is 1.97. The number of nitro groups is 1. The molecule has 0 fully saturated rings. The first-order valence-electron chi connectivity index (χ1n) is 6.74. The van der Waals surface area contributed by atoms with Crippen LogP contribution in [0.3, 0.4) is 0 Å². The van der Waals surface area contributed by atoms with Crippen molar-refractivity contribution >= 4 is 11.6 Å². The van der Waals surface area contributed by atoms with Crippen molar-refractivity contribution in [1.82, 2.24) is 5.32 Å². The van der Waals surface area contributed by atoms with E-state index in [1.807, 2.05) is 31.2 Å². The predicted molar refractivity (Wildman–Crippen MR) is 81.5 cm³/mol. The van der Waals surface area contributed by atoms with Gasteiger partial charge in [-0.2, -0.15) is 0 Å². The molecule has 2 rings (SSSR count). The maximum atomic E-state index is 11.9. The van der Waals surface area contributed by atoms with Gasteiger partial charge in [0.15, 0.2) is 0 Å². The molecule has 0 unspecified atom stereocenters. The van der Waals surface area contributed by atoms with E-state index in [2.05, 4.69) is 5.32 Å². The molecule has 6 nitrogen and oxygen atoms in total. The van der Waals surface area contributed by atoms with Gasteiger partial charge >= 0.3 is 0 Å². The fourth-order valence-electron chi connectivity index (χ4n) is 1.97. The van der Waals surface area contributed by atoms with Crippen LogP contribution in [0, 0.1) is 17.0 Å². The summed E-state index contributed by atoms with van der Waals surface area (Å²) < 4.78 is 0. The molecule has 2 aromatic rings. The molecule has 0 saturated carbocycles. The Morgan fingerprint density at radius 2 is 1.91 bits per heavy atom. The van der Waals surface area contributed by atoms with Crippen molar-refractivity contribution in [3.05, 3.63) is 69.3 Å². The maximum Gasteiger partial charge on any atom is 0.270 e. The molecule has 6 heteroatoms. The molecule has 1 amide bonds. The number of aryl methyl sites for hydroxylation is 1. The van der Waals surface area contributed by atoms with Gasteiger partial charge in [-0.25, -0.2) is 0 Å². The minimum Gasteiger partial charge on any atom is -0.508 e. The predicted octanol–water partition coefficient (Wildman–Crippen LogP) is 2.47. The standard InChI is InChI=1S/C16H16N2O4/c1-11-2-4-12(5-3-11)8-16(20)17-10-13-9-14(18(21)22)6-7-15(13)19/h2-7,9,19H,8,10H2,1H3,(H,17,20). The molecule has 114 valence electrons. The number of nitrogens with zero attached hydrogens (tertiary/aromatic N) is 1. The van der Waals surface area contributed by atoms with Crippen LogP contribution in [-0.2, 0) is 17.8 Å². The molecule has 0 aliphatic rings. The summed E-state index contributed by atoms with van der Waals surface area (Å²) >= 11 is 0. The molecule has 2 N–H and O–H groups in total. The lowest BCUT2D eigenvalue weighted by molar-refractivity contribution is -0.384. The number of carbonyl (C=O) groups is 1. The molecule has 0 saturated heterocycles. The number of phenolic OH excluding ortho intramolecular Hbond substituents is 1. The summed E-state index contributed by atoms with van der Waals surface area (Å²) in [7, 11) is 0. The smallest absolute Gasteiger partial charge is 0.270 e. The van der Waals surface area contributed by atoms with Crippen molar-refractivity contribution < 1.29 is 14.8 Å². The van der Waals surface area contributed by atoms with Crippen molar-refractivity contribution in [3.63, 3.8) is 0 Å². The normalized spacial score (nSPS) is 10.2. The highest BCUT2D eigenvalue weighted by Gasteiger charge is 2.11. The molecular formula is C16H16N2O4. The SMILES string of the molecule is Cc1ccc(CC(=O)NCc2cc([N+](=O)[O-])ccc2O)cc1. The number of non-ortho nitro benzene ring substituents is 1. The van der Waals surface area contributed by atoms with Crippen LogP contribution >= 0.6 is 0 Å². The van der Waals surface area contributed by atoms with E-state index >= 15 is 0 Å². The quantitative estimate of drug-likeness (QED) is 0.655. The third-order valence-electron chi connectivity index (χ3n) is 3.24. The average Bonchev–Trinajstić information content (AvgIpc) is 2.48. The first kappa shape index (κ1) is 15.5. The number of rotatable bonds is 5. The number of phenols is 1. The Bertz CT molecular complexity index is 696. The Labute approximate surface area is 127 Å². The van der Waals surface area contributed by atoms with Crippen molar-refractivity contribution in [2.75, 3.05) is 0 Å². The minimum atomic E-state index is -0.545. The molecule has 0 aromatic heterocycles. The number of carbonyl (C=O) groups excluding carboxylic acids is 1. The van der Waals surface area contributed by atoms with Crippen LogP contribution in [0.4, 0.5) is 5.69 Å². The molecule has 0 spiro atoms. The van der Waals surface area contributed by atoms with E-state index in [4.69, 9.17) is 0 Å². The molecule has 0 aliphatic carbocycles. The van der Waals surface area contributed by atoms with Gasteiger partial charge in [-0.05, 0) is 18.6 Å². The van der Waals surface area contributed by atoms with E-state index in [-0.39, 0.29) is 30.3 Å². The van der Waals surface area contributed by atoms with E-state index < -0.39 is 4.92 Å². The molecule has 0 radical (unpaired) electrons. The van der Waals surface area contributed by atoms with Crippen LogP contribution in [0.25, 0.3) is 0 Å². The van der Waals surface area contributed by atoms with Crippen LogP contribution in [-0.4, -0.2) is 15.9 Å². The molecule has 0 atom stereocenters. The molecule has 0 heterocycles. The van der Waals surface area contributed by atoms with Gasteiger partial charge in [0.1, 0.15) is 5.75 Å². The number of nitrogens with one attached hydrogen (secondary N) is 1. The zero-order valence-corrected chi connectivity index (χ0v) is 12.1. The summed E-state index contributed by atoms with van der Waals surface area (Å²) in [5.41, 5.74) is 2.18. The zero-order valence-electron chi connectivity index (χ0n) is 12.1. The lowest BCUT2D eigenvalue weighted by Crippen LogP contribution is -2.24. The lowest BCUT2D eigenvalue weighted by atomic mass is 10.1. The van der Waals surface area contributed by atoms with Crippen LogP contribution in [0.5, 0.6) is 5.75 Å². The van der Waals surface area contributed by atoms with E-state index in [0.29, 0.717) is 5.56 Å². The fraction of sp³-hybridized carbons (Fsp3) is 0.188. The number of amides is 1. The van der Waals surface area contributed by atoms with Crippen molar-refractivity contribution in [2.45, 2.75) is 19.9 Å². The first-order chi connectivity index (χ1) is 10.5. The first-order valence-corrected chi connectivity index (χ1v) is 6.74. The Balaban J connectivity index is 1.97. The van der Waals surface area contributed by atoms with Crippen molar-refractivity contribution in [3.8, 4) is 5.75 Å². The Hall–Kier alpha value is -2.89. The number of hydrogen-bond acceptors (Lipinski definition) is 4. The van der Waals surface area contributed by atoms with E-state index in [1.165, 1.54) is 18.2 Å². The highest BCUT2D eigenvalue weighted by Crippen LogP contribution is 2.22. The second-order valence-corrected chi connectivity index (χ2v) is 5.01. The Morgan fingerprint density at radius 1 is 1.23 bits per heavy atom. The highest BCUT2D eigenvalue weighted by atomic mass is 16.6. The average molecular weight is 300 g/mol. The largest absolute Gasteiger partial charge is 0.508 e. The molecule has 0 bridgehead atoms. The van der Waals surface area contributed by atoms with E-state index in [1.54, 1.807) is 0 Å². The summed E-state index contributed by atoms with van der Waals surface area (Å²) in [5.74, 6) is -0.295. The second-order valence-electron chi connectivity index (χ2n) is 5.01. The van der Waals surface area contributed by atoms with Gasteiger partial charge in [-0.1, -0.05) is 29.8 Å². The van der Waals surface area contributed by atoms with Gasteiger partial charge < -0.3 is 10.4 Å². The summed E-state index contributed by atoms with van der Waals surface area (Å²) in [6.07, 6.45) is 0.218.